The van der Waals surface area contributed by atoms with Crippen molar-refractivity contribution in [2.24, 2.45) is 0 Å². The van der Waals surface area contributed by atoms with Gasteiger partial charge in [-0.1, -0.05) is 19.1 Å². The number of hydrogen-bond donors (Lipinski definition) is 0. The predicted molar refractivity (Wildman–Crippen MR) is 58.1 cm³/mol. The Hall–Kier alpha value is -1.18. The summed E-state index contributed by atoms with van der Waals surface area (Å²) >= 11 is 0. The van der Waals surface area contributed by atoms with Crippen LogP contribution in [0.4, 0.5) is 0 Å². The molecule has 0 fully saturated rings. The van der Waals surface area contributed by atoms with E-state index in [1.54, 1.807) is 26.0 Å². The lowest BCUT2D eigenvalue weighted by Gasteiger charge is -2.01. The predicted octanol–water partition coefficient (Wildman–Crippen LogP) is 2.84. The fourth-order valence-electron chi connectivity index (χ4n) is 1.17. The Morgan fingerprint density at radius 2 is 1.86 bits per heavy atom. The highest BCUT2D eigenvalue weighted by molar-refractivity contribution is 6.07. The summed E-state index contributed by atoms with van der Waals surface area (Å²) in [5, 5.41) is 0. The van der Waals surface area contributed by atoms with E-state index in [0.717, 1.165) is 6.42 Å². The first kappa shape index (κ1) is 12.8. The fraction of sp³-hybridized carbons (Fsp3) is 0.500. The van der Waals surface area contributed by atoms with Crippen LogP contribution in [-0.2, 0) is 9.59 Å². The maximum absolute atomic E-state index is 11.4. The van der Waals surface area contributed by atoms with Crippen molar-refractivity contribution in [1.82, 2.24) is 0 Å². The molecule has 0 aliphatic heterocycles. The van der Waals surface area contributed by atoms with E-state index in [-0.39, 0.29) is 18.0 Å². The van der Waals surface area contributed by atoms with Gasteiger partial charge in [-0.2, -0.15) is 0 Å². The van der Waals surface area contributed by atoms with Gasteiger partial charge in [0.25, 0.3) is 0 Å². The minimum atomic E-state index is -0.0561. The maximum atomic E-state index is 11.4. The first-order valence-corrected chi connectivity index (χ1v) is 4.99. The van der Waals surface area contributed by atoms with Crippen molar-refractivity contribution in [1.29, 1.82) is 0 Å². The van der Waals surface area contributed by atoms with E-state index in [2.05, 4.69) is 0 Å². The van der Waals surface area contributed by atoms with Crippen LogP contribution in [0.5, 0.6) is 0 Å². The minimum absolute atomic E-state index is 0.0561. The molecule has 0 saturated carbocycles. The molecule has 0 atom stereocenters. The number of Topliss-reactive ketones (excluding diaryl/α,β-unsaturated/α-hetero) is 1. The molecule has 0 saturated heterocycles. The van der Waals surface area contributed by atoms with Crippen LogP contribution in [0.2, 0.25) is 0 Å². The number of ketones is 2. The summed E-state index contributed by atoms with van der Waals surface area (Å²) in [7, 11) is 0. The molecule has 0 radical (unpaired) electrons. The quantitative estimate of drug-likeness (QED) is 0.609. The Kier molecular flexibility index (Phi) is 6.63. The second kappa shape index (κ2) is 7.25. The highest BCUT2D eigenvalue weighted by Gasteiger charge is 2.09. The molecule has 78 valence electrons. The summed E-state index contributed by atoms with van der Waals surface area (Å²) in [6, 6.07) is 0. The average Bonchev–Trinajstić information content (AvgIpc) is 2.15. The first-order valence-electron chi connectivity index (χ1n) is 4.99. The van der Waals surface area contributed by atoms with Gasteiger partial charge in [0.15, 0.2) is 5.78 Å². The smallest absolute Gasteiger partial charge is 0.181 e. The Bertz CT molecular complexity index is 259. The van der Waals surface area contributed by atoms with Gasteiger partial charge in [-0.05, 0) is 26.3 Å². The lowest BCUT2D eigenvalue weighted by molar-refractivity contribution is -0.120. The summed E-state index contributed by atoms with van der Waals surface area (Å²) in [4.78, 5) is 22.7. The molecule has 0 heterocycles. The Balaban J connectivity index is 4.31. The molecule has 0 unspecified atom stereocenters. The normalized spacial score (nSPS) is 12.1. The second-order valence-corrected chi connectivity index (χ2v) is 3.14. The second-order valence-electron chi connectivity index (χ2n) is 3.14. The van der Waals surface area contributed by atoms with E-state index in [9.17, 15) is 9.59 Å². The largest absolute Gasteiger partial charge is 0.299 e. The molecular weight excluding hydrogens is 176 g/mol. The van der Waals surface area contributed by atoms with Crippen molar-refractivity contribution in [3.05, 3.63) is 23.8 Å². The van der Waals surface area contributed by atoms with E-state index < -0.39 is 0 Å². The first-order chi connectivity index (χ1) is 6.65. The number of carbonyl (C=O) groups is 2. The third-order valence-electron chi connectivity index (χ3n) is 1.90. The highest BCUT2D eigenvalue weighted by atomic mass is 16.1. The van der Waals surface area contributed by atoms with Crippen LogP contribution in [0.3, 0.4) is 0 Å². The van der Waals surface area contributed by atoms with Crippen molar-refractivity contribution in [2.75, 3.05) is 0 Å². The summed E-state index contributed by atoms with van der Waals surface area (Å²) in [5.41, 5.74) is 0.599. The molecule has 2 nitrogen and oxygen atoms in total. The zero-order chi connectivity index (χ0) is 11.0. The zero-order valence-corrected chi connectivity index (χ0v) is 9.17. The van der Waals surface area contributed by atoms with Gasteiger partial charge in [-0.25, -0.2) is 0 Å². The molecule has 0 N–H and O–H groups in total. The molecule has 0 amide bonds. The van der Waals surface area contributed by atoms with Gasteiger partial charge in [0.05, 0.1) is 0 Å². The van der Waals surface area contributed by atoms with Crippen LogP contribution < -0.4 is 0 Å². The van der Waals surface area contributed by atoms with Gasteiger partial charge < -0.3 is 0 Å². The number of allylic oxidation sites excluding steroid dienone is 4. The lowest BCUT2D eigenvalue weighted by atomic mass is 10.0. The molecule has 0 rings (SSSR count). The number of rotatable bonds is 6. The Morgan fingerprint density at radius 1 is 1.21 bits per heavy atom. The Labute approximate surface area is 85.7 Å². The Morgan fingerprint density at radius 3 is 2.29 bits per heavy atom. The van der Waals surface area contributed by atoms with Gasteiger partial charge in [-0.15, -0.1) is 0 Å². The van der Waals surface area contributed by atoms with Crippen LogP contribution in [0, 0.1) is 0 Å². The van der Waals surface area contributed by atoms with Crippen molar-refractivity contribution in [3.63, 3.8) is 0 Å². The van der Waals surface area contributed by atoms with Gasteiger partial charge in [0.2, 0.25) is 0 Å². The highest BCUT2D eigenvalue weighted by Crippen LogP contribution is 2.07. The number of hydrogen-bond acceptors (Lipinski definition) is 2. The molecule has 0 aromatic rings. The molecule has 0 aliphatic carbocycles. The van der Waals surface area contributed by atoms with Crippen molar-refractivity contribution in [3.8, 4) is 0 Å². The van der Waals surface area contributed by atoms with Gasteiger partial charge >= 0.3 is 0 Å². The molecule has 14 heavy (non-hydrogen) atoms. The third kappa shape index (κ3) is 4.75. The van der Waals surface area contributed by atoms with Gasteiger partial charge in [-0.3, -0.25) is 9.59 Å². The molecule has 0 aromatic heterocycles. The fourth-order valence-corrected chi connectivity index (χ4v) is 1.17. The number of carbonyl (C=O) groups excluding carboxylic acids is 2. The van der Waals surface area contributed by atoms with E-state index in [4.69, 9.17) is 0 Å². The maximum Gasteiger partial charge on any atom is 0.181 e. The summed E-state index contributed by atoms with van der Waals surface area (Å²) in [5.74, 6) is 0.0814. The summed E-state index contributed by atoms with van der Waals surface area (Å²) < 4.78 is 0. The van der Waals surface area contributed by atoms with Crippen molar-refractivity contribution >= 4 is 11.6 Å². The van der Waals surface area contributed by atoms with E-state index in [1.807, 2.05) is 6.92 Å². The van der Waals surface area contributed by atoms with Crippen molar-refractivity contribution in [2.45, 2.75) is 40.0 Å². The SMILES string of the molecule is CC=CC(=O)C(=CC)CC(=O)CCC. The molecule has 0 aromatic carbocycles. The minimum Gasteiger partial charge on any atom is -0.299 e. The average molecular weight is 194 g/mol. The molecule has 0 bridgehead atoms. The molecule has 0 spiro atoms. The topological polar surface area (TPSA) is 34.1 Å². The van der Waals surface area contributed by atoms with Gasteiger partial charge in [0.1, 0.15) is 5.78 Å². The molecular formula is C12H18O2. The lowest BCUT2D eigenvalue weighted by Crippen LogP contribution is -2.05. The monoisotopic (exact) mass is 194 g/mol. The van der Waals surface area contributed by atoms with E-state index >= 15 is 0 Å². The van der Waals surface area contributed by atoms with Crippen molar-refractivity contribution < 1.29 is 9.59 Å². The molecule has 2 heteroatoms. The van der Waals surface area contributed by atoms with Crippen LogP contribution in [-0.4, -0.2) is 11.6 Å². The van der Waals surface area contributed by atoms with Crippen LogP contribution in [0.25, 0.3) is 0 Å². The third-order valence-corrected chi connectivity index (χ3v) is 1.90. The summed E-state index contributed by atoms with van der Waals surface area (Å²) in [6.07, 6.45) is 6.57. The van der Waals surface area contributed by atoms with E-state index in [1.165, 1.54) is 6.08 Å². The zero-order valence-electron chi connectivity index (χ0n) is 9.17. The van der Waals surface area contributed by atoms with E-state index in [0.29, 0.717) is 12.0 Å². The summed E-state index contributed by atoms with van der Waals surface area (Å²) in [6.45, 7) is 5.54. The van der Waals surface area contributed by atoms with Crippen LogP contribution in [0.1, 0.15) is 40.0 Å². The van der Waals surface area contributed by atoms with Crippen LogP contribution >= 0.6 is 0 Å². The molecule has 0 aliphatic rings. The van der Waals surface area contributed by atoms with Crippen LogP contribution in [0.15, 0.2) is 23.8 Å². The van der Waals surface area contributed by atoms with Gasteiger partial charge in [0, 0.05) is 18.4 Å². The standard InChI is InChI=1S/C12H18O2/c1-4-7-11(13)9-10(6-3)12(14)8-5-2/h5-6,8H,4,7,9H2,1-3H3.